The highest BCUT2D eigenvalue weighted by atomic mass is 32.1. The summed E-state index contributed by atoms with van der Waals surface area (Å²) in [7, 11) is 1.90. The Kier molecular flexibility index (Phi) is 4.67. The highest BCUT2D eigenvalue weighted by Crippen LogP contribution is 2.34. The molecule has 2 heterocycles. The fourth-order valence-corrected chi connectivity index (χ4v) is 3.12. The van der Waals surface area contributed by atoms with Crippen LogP contribution < -0.4 is 5.32 Å². The maximum absolute atomic E-state index is 4.75. The van der Waals surface area contributed by atoms with Crippen molar-refractivity contribution in [2.75, 3.05) is 12.4 Å². The van der Waals surface area contributed by atoms with Crippen LogP contribution in [0.1, 0.15) is 45.2 Å². The molecule has 3 nitrogen and oxygen atoms in total. The molecule has 0 aliphatic carbocycles. The van der Waals surface area contributed by atoms with Crippen LogP contribution in [0.4, 0.5) is 5.82 Å². The number of rotatable bonds is 4. The number of nitrogens with zero attached hydrogens (tertiary/aromatic N) is 2. The lowest BCUT2D eigenvalue weighted by molar-refractivity contribution is 0.604. The topological polar surface area (TPSA) is 37.8 Å². The molecule has 0 bridgehead atoms. The van der Waals surface area contributed by atoms with Crippen molar-refractivity contribution in [3.63, 3.8) is 0 Å². The molecule has 0 aliphatic heterocycles. The second-order valence-corrected chi connectivity index (χ2v) is 7.91. The van der Waals surface area contributed by atoms with Gasteiger partial charge in [0.15, 0.2) is 5.82 Å². The molecule has 0 fully saturated rings. The number of nitrogens with one attached hydrogen (secondary N) is 1. The van der Waals surface area contributed by atoms with E-state index in [4.69, 9.17) is 4.98 Å². The van der Waals surface area contributed by atoms with Gasteiger partial charge >= 0.3 is 0 Å². The van der Waals surface area contributed by atoms with Crippen LogP contribution >= 0.6 is 11.3 Å². The Morgan fingerprint density at radius 2 is 1.90 bits per heavy atom. The summed E-state index contributed by atoms with van der Waals surface area (Å²) in [5.74, 6) is 2.31. The fourth-order valence-electron chi connectivity index (χ4n) is 2.12. The Balaban J connectivity index is 2.40. The molecule has 0 saturated heterocycles. The standard InChI is InChI=1S/C17H25N3S/c1-11(2)9-12-10-15(18-6)20-16(19-12)13-7-8-14(21-13)17(3,4)5/h7-8,10-11H,9H2,1-6H3,(H,18,19,20). The van der Waals surface area contributed by atoms with Gasteiger partial charge in [-0.3, -0.25) is 0 Å². The van der Waals surface area contributed by atoms with Crippen molar-refractivity contribution in [1.82, 2.24) is 9.97 Å². The molecule has 0 atom stereocenters. The summed E-state index contributed by atoms with van der Waals surface area (Å²) in [5, 5.41) is 3.14. The number of anilines is 1. The predicted molar refractivity (Wildman–Crippen MR) is 92.1 cm³/mol. The molecule has 2 rings (SSSR count). The number of aromatic nitrogens is 2. The quantitative estimate of drug-likeness (QED) is 0.886. The van der Waals surface area contributed by atoms with Gasteiger partial charge < -0.3 is 5.32 Å². The normalized spacial score (nSPS) is 12.0. The largest absolute Gasteiger partial charge is 0.373 e. The molecular formula is C17H25N3S. The maximum Gasteiger partial charge on any atom is 0.171 e. The summed E-state index contributed by atoms with van der Waals surface area (Å²) >= 11 is 1.79. The smallest absolute Gasteiger partial charge is 0.171 e. The van der Waals surface area contributed by atoms with Crippen LogP contribution in [0.3, 0.4) is 0 Å². The molecule has 0 aromatic carbocycles. The molecule has 0 saturated carbocycles. The van der Waals surface area contributed by atoms with Crippen LogP contribution in [0, 0.1) is 5.92 Å². The van der Waals surface area contributed by atoms with Crippen LogP contribution in [0.5, 0.6) is 0 Å². The van der Waals surface area contributed by atoms with Gasteiger partial charge in [-0.25, -0.2) is 9.97 Å². The second kappa shape index (κ2) is 6.14. The predicted octanol–water partition coefficient (Wildman–Crippen LogP) is 4.74. The van der Waals surface area contributed by atoms with Gasteiger partial charge in [-0.05, 0) is 29.9 Å². The van der Waals surface area contributed by atoms with Crippen molar-refractivity contribution in [3.8, 4) is 10.7 Å². The number of hydrogen-bond acceptors (Lipinski definition) is 4. The molecule has 2 aromatic heterocycles. The molecular weight excluding hydrogens is 278 g/mol. The molecule has 2 aromatic rings. The van der Waals surface area contributed by atoms with Gasteiger partial charge in [0.2, 0.25) is 0 Å². The first-order valence-corrected chi connectivity index (χ1v) is 8.27. The second-order valence-electron chi connectivity index (χ2n) is 6.83. The van der Waals surface area contributed by atoms with Gasteiger partial charge in [-0.15, -0.1) is 11.3 Å². The van der Waals surface area contributed by atoms with Gasteiger partial charge in [-0.1, -0.05) is 34.6 Å². The lowest BCUT2D eigenvalue weighted by Crippen LogP contribution is -2.07. The zero-order valence-electron chi connectivity index (χ0n) is 13.8. The van der Waals surface area contributed by atoms with E-state index in [1.807, 2.05) is 13.1 Å². The monoisotopic (exact) mass is 303 g/mol. The highest BCUT2D eigenvalue weighted by molar-refractivity contribution is 7.15. The number of thiophene rings is 1. The summed E-state index contributed by atoms with van der Waals surface area (Å²) in [6, 6.07) is 6.37. The summed E-state index contributed by atoms with van der Waals surface area (Å²) in [5.41, 5.74) is 1.27. The molecule has 21 heavy (non-hydrogen) atoms. The maximum atomic E-state index is 4.75. The van der Waals surface area contributed by atoms with Crippen molar-refractivity contribution in [2.24, 2.45) is 5.92 Å². The van der Waals surface area contributed by atoms with Crippen molar-refractivity contribution < 1.29 is 0 Å². The molecule has 0 spiro atoms. The first-order chi connectivity index (χ1) is 9.79. The average Bonchev–Trinajstić information content (AvgIpc) is 2.86. The van der Waals surface area contributed by atoms with Gasteiger partial charge in [0, 0.05) is 23.7 Å². The summed E-state index contributed by atoms with van der Waals surface area (Å²) in [4.78, 5) is 11.9. The molecule has 0 aliphatic rings. The Morgan fingerprint density at radius 3 is 2.43 bits per heavy atom. The van der Waals surface area contributed by atoms with Crippen molar-refractivity contribution in [1.29, 1.82) is 0 Å². The SMILES string of the molecule is CNc1cc(CC(C)C)nc(-c2ccc(C(C)(C)C)s2)n1. The van der Waals surface area contributed by atoms with Gasteiger partial charge in [0.05, 0.1) is 4.88 Å². The van der Waals surface area contributed by atoms with Crippen LogP contribution in [-0.4, -0.2) is 17.0 Å². The van der Waals surface area contributed by atoms with Gasteiger partial charge in [-0.2, -0.15) is 0 Å². The van der Waals surface area contributed by atoms with E-state index in [1.165, 1.54) is 4.88 Å². The van der Waals surface area contributed by atoms with E-state index in [-0.39, 0.29) is 5.41 Å². The first-order valence-electron chi connectivity index (χ1n) is 7.46. The minimum Gasteiger partial charge on any atom is -0.373 e. The molecule has 0 unspecified atom stereocenters. The van der Waals surface area contributed by atoms with E-state index in [2.05, 4.69) is 57.1 Å². The Labute approximate surface area is 131 Å². The van der Waals surface area contributed by atoms with Crippen molar-refractivity contribution in [2.45, 2.75) is 46.5 Å². The first kappa shape index (κ1) is 16.0. The third-order valence-electron chi connectivity index (χ3n) is 3.22. The molecule has 0 amide bonds. The Bertz CT molecular complexity index is 609. The van der Waals surface area contributed by atoms with E-state index >= 15 is 0 Å². The van der Waals surface area contributed by atoms with Crippen molar-refractivity contribution >= 4 is 17.2 Å². The van der Waals surface area contributed by atoms with Gasteiger partial charge in [0.25, 0.3) is 0 Å². The summed E-state index contributed by atoms with van der Waals surface area (Å²) < 4.78 is 0. The van der Waals surface area contributed by atoms with E-state index in [9.17, 15) is 0 Å². The third-order valence-corrected chi connectivity index (χ3v) is 4.73. The van der Waals surface area contributed by atoms with E-state index < -0.39 is 0 Å². The number of hydrogen-bond donors (Lipinski definition) is 1. The molecule has 1 N–H and O–H groups in total. The van der Waals surface area contributed by atoms with E-state index in [0.717, 1.165) is 28.6 Å². The zero-order chi connectivity index (χ0) is 15.6. The minimum atomic E-state index is 0.171. The van der Waals surface area contributed by atoms with Crippen LogP contribution in [0.25, 0.3) is 10.7 Å². The highest BCUT2D eigenvalue weighted by Gasteiger charge is 2.18. The van der Waals surface area contributed by atoms with Crippen LogP contribution in [0.15, 0.2) is 18.2 Å². The van der Waals surface area contributed by atoms with Gasteiger partial charge in [0.1, 0.15) is 5.82 Å². The molecule has 4 heteroatoms. The Hall–Kier alpha value is -1.42. The Morgan fingerprint density at radius 1 is 1.19 bits per heavy atom. The van der Waals surface area contributed by atoms with Crippen LogP contribution in [0.2, 0.25) is 0 Å². The average molecular weight is 303 g/mol. The molecule has 114 valence electrons. The summed E-state index contributed by atoms with van der Waals surface area (Å²) in [6.07, 6.45) is 0.974. The minimum absolute atomic E-state index is 0.171. The van der Waals surface area contributed by atoms with E-state index in [1.54, 1.807) is 11.3 Å². The lowest BCUT2D eigenvalue weighted by atomic mass is 9.95. The summed E-state index contributed by atoms with van der Waals surface area (Å²) in [6.45, 7) is 11.1. The van der Waals surface area contributed by atoms with E-state index in [0.29, 0.717) is 5.92 Å². The zero-order valence-corrected chi connectivity index (χ0v) is 14.6. The third kappa shape index (κ3) is 4.03. The fraction of sp³-hybridized carbons (Fsp3) is 0.529. The molecule has 0 radical (unpaired) electrons. The lowest BCUT2D eigenvalue weighted by Gasteiger charge is -2.15. The van der Waals surface area contributed by atoms with Crippen molar-refractivity contribution in [3.05, 3.63) is 28.8 Å². The van der Waals surface area contributed by atoms with Crippen LogP contribution in [-0.2, 0) is 11.8 Å².